The minimum atomic E-state index is -5.82. The zero-order chi connectivity index (χ0) is 28.6. The third kappa shape index (κ3) is 3.94. The van der Waals surface area contributed by atoms with E-state index in [1.807, 2.05) is 18.9 Å². The van der Waals surface area contributed by atoms with Crippen molar-refractivity contribution in [2.75, 3.05) is 7.05 Å². The maximum atomic E-state index is 14.3. The van der Waals surface area contributed by atoms with E-state index in [0.29, 0.717) is 25.7 Å². The Hall–Kier alpha value is -2.52. The lowest BCUT2D eigenvalue weighted by molar-refractivity contribution is -0.311. The van der Waals surface area contributed by atoms with Crippen LogP contribution in [-0.2, 0) is 15.1 Å². The van der Waals surface area contributed by atoms with Crippen LogP contribution in [0.4, 0.5) is 26.3 Å². The molecule has 0 aromatic heterocycles. The van der Waals surface area contributed by atoms with Crippen LogP contribution in [0.15, 0.2) is 42.0 Å². The minimum absolute atomic E-state index is 0.0166. The summed E-state index contributed by atoms with van der Waals surface area (Å²) in [6, 6.07) is 5.10. The molecule has 6 atom stereocenters. The fourth-order valence-corrected chi connectivity index (χ4v) is 8.70. The van der Waals surface area contributed by atoms with Crippen molar-refractivity contribution in [1.82, 2.24) is 10.2 Å². The molecule has 3 aliphatic carbocycles. The summed E-state index contributed by atoms with van der Waals surface area (Å²) in [6.07, 6.45) is -5.60. The van der Waals surface area contributed by atoms with E-state index in [1.54, 1.807) is 6.08 Å². The van der Waals surface area contributed by atoms with Gasteiger partial charge in [-0.2, -0.15) is 26.3 Å². The van der Waals surface area contributed by atoms with Crippen molar-refractivity contribution in [3.63, 3.8) is 0 Å². The van der Waals surface area contributed by atoms with Crippen LogP contribution in [0, 0.1) is 28.6 Å². The number of rotatable bonds is 3. The average molecular weight is 557 g/mol. The lowest BCUT2D eigenvalue weighted by Gasteiger charge is -2.61. The zero-order valence-corrected chi connectivity index (χ0v) is 22.3. The standard InChI is InChI=1S/C29H34F6N2O2/c1-25-15-13-20-18(9-12-22-26(20,2)16-14-23(38)37(22)3)19(25)10-11-21(25)24(39)36-27(28(30,31)32,29(33,34)35)17-7-5-4-6-8-17/h4-8,11,18-20,22H,9-10,12-16H2,1-3H3,(H,36,39)/t18-,19-,20-,22+,25-,26+/m0/s1. The predicted molar refractivity (Wildman–Crippen MR) is 132 cm³/mol. The summed E-state index contributed by atoms with van der Waals surface area (Å²) in [5.41, 5.74) is -6.53. The second-order valence-corrected chi connectivity index (χ2v) is 12.4. The fourth-order valence-electron chi connectivity index (χ4n) is 8.70. The average Bonchev–Trinajstić information content (AvgIpc) is 3.21. The van der Waals surface area contributed by atoms with E-state index in [9.17, 15) is 35.9 Å². The van der Waals surface area contributed by atoms with E-state index in [-0.39, 0.29) is 40.7 Å². The van der Waals surface area contributed by atoms with Gasteiger partial charge in [0.1, 0.15) is 0 Å². The van der Waals surface area contributed by atoms with Crippen molar-refractivity contribution >= 4 is 11.8 Å². The predicted octanol–water partition coefficient (Wildman–Crippen LogP) is 6.52. The number of fused-ring (bicyclic) bond motifs is 5. The largest absolute Gasteiger partial charge is 0.424 e. The van der Waals surface area contributed by atoms with Crippen molar-refractivity contribution < 1.29 is 35.9 Å². The number of piperidine rings is 1. The molecule has 5 rings (SSSR count). The molecule has 2 amide bonds. The van der Waals surface area contributed by atoms with Crippen LogP contribution in [-0.4, -0.2) is 42.2 Å². The van der Waals surface area contributed by atoms with Crippen LogP contribution in [0.5, 0.6) is 0 Å². The second-order valence-electron chi connectivity index (χ2n) is 12.4. The molecule has 0 unspecified atom stereocenters. The number of allylic oxidation sites excluding steroid dienone is 1. The Balaban J connectivity index is 1.45. The molecule has 1 aliphatic heterocycles. The number of hydrogen-bond acceptors (Lipinski definition) is 2. The molecular weight excluding hydrogens is 522 g/mol. The summed E-state index contributed by atoms with van der Waals surface area (Å²) < 4.78 is 86.0. The summed E-state index contributed by atoms with van der Waals surface area (Å²) in [6.45, 7) is 4.04. The smallest absolute Gasteiger partial charge is 0.342 e. The molecule has 0 bridgehead atoms. The summed E-state index contributed by atoms with van der Waals surface area (Å²) >= 11 is 0. The Morgan fingerprint density at radius 3 is 2.21 bits per heavy atom. The summed E-state index contributed by atoms with van der Waals surface area (Å²) in [7, 11) is 1.84. The number of amides is 2. The van der Waals surface area contributed by atoms with E-state index in [4.69, 9.17) is 0 Å². The number of carbonyl (C=O) groups excluding carboxylic acids is 2. The van der Waals surface area contributed by atoms with Crippen molar-refractivity contribution in [3.8, 4) is 0 Å². The van der Waals surface area contributed by atoms with Gasteiger partial charge in [-0.25, -0.2) is 0 Å². The molecule has 2 saturated carbocycles. The number of nitrogens with one attached hydrogen (secondary N) is 1. The number of benzene rings is 1. The van der Waals surface area contributed by atoms with Gasteiger partial charge in [0.25, 0.3) is 5.54 Å². The Morgan fingerprint density at radius 2 is 1.59 bits per heavy atom. The van der Waals surface area contributed by atoms with Gasteiger partial charge in [-0.1, -0.05) is 50.3 Å². The van der Waals surface area contributed by atoms with E-state index in [1.165, 1.54) is 11.4 Å². The summed E-state index contributed by atoms with van der Waals surface area (Å²) in [5.74, 6) is -0.790. The van der Waals surface area contributed by atoms with E-state index in [2.05, 4.69) is 6.92 Å². The lowest BCUT2D eigenvalue weighted by Crippen LogP contribution is -2.65. The number of hydrogen-bond donors (Lipinski definition) is 1. The molecule has 4 nitrogen and oxygen atoms in total. The van der Waals surface area contributed by atoms with Gasteiger partial charge in [-0.3, -0.25) is 9.59 Å². The highest BCUT2D eigenvalue weighted by molar-refractivity contribution is 5.96. The highest BCUT2D eigenvalue weighted by atomic mass is 19.4. The molecule has 1 N–H and O–H groups in total. The maximum absolute atomic E-state index is 14.3. The zero-order valence-electron chi connectivity index (χ0n) is 22.3. The molecule has 39 heavy (non-hydrogen) atoms. The summed E-state index contributed by atoms with van der Waals surface area (Å²) in [4.78, 5) is 27.7. The number of halogens is 6. The Labute approximate surface area is 224 Å². The maximum Gasteiger partial charge on any atom is 0.424 e. The Bertz CT molecular complexity index is 1160. The van der Waals surface area contributed by atoms with E-state index >= 15 is 0 Å². The Kier molecular flexibility index (Phi) is 6.46. The van der Waals surface area contributed by atoms with Gasteiger partial charge >= 0.3 is 12.4 Å². The Morgan fingerprint density at radius 1 is 0.949 bits per heavy atom. The number of carbonyl (C=O) groups is 2. The normalized spacial score (nSPS) is 35.1. The van der Waals surface area contributed by atoms with Gasteiger partial charge < -0.3 is 10.2 Å². The van der Waals surface area contributed by atoms with Crippen molar-refractivity contribution in [3.05, 3.63) is 47.5 Å². The minimum Gasteiger partial charge on any atom is -0.342 e. The topological polar surface area (TPSA) is 49.4 Å². The molecule has 4 aliphatic rings. The van der Waals surface area contributed by atoms with E-state index in [0.717, 1.165) is 43.5 Å². The molecule has 1 heterocycles. The third-order valence-corrected chi connectivity index (χ3v) is 10.7. The van der Waals surface area contributed by atoms with Gasteiger partial charge in [0.05, 0.1) is 0 Å². The molecule has 1 saturated heterocycles. The van der Waals surface area contributed by atoms with Crippen LogP contribution < -0.4 is 5.32 Å². The van der Waals surface area contributed by atoms with Crippen LogP contribution in [0.2, 0.25) is 0 Å². The van der Waals surface area contributed by atoms with Crippen molar-refractivity contribution in [1.29, 1.82) is 0 Å². The van der Waals surface area contributed by atoms with Crippen LogP contribution in [0.25, 0.3) is 0 Å². The van der Waals surface area contributed by atoms with Gasteiger partial charge in [-0.15, -0.1) is 0 Å². The first-order valence-electron chi connectivity index (χ1n) is 13.6. The van der Waals surface area contributed by atoms with Gasteiger partial charge in [0.15, 0.2) is 0 Å². The molecule has 1 aromatic rings. The fraction of sp³-hybridized carbons (Fsp3) is 0.655. The van der Waals surface area contributed by atoms with Gasteiger partial charge in [-0.05, 0) is 67.3 Å². The van der Waals surface area contributed by atoms with Crippen molar-refractivity contribution in [2.24, 2.45) is 28.6 Å². The van der Waals surface area contributed by atoms with Gasteiger partial charge in [0.2, 0.25) is 11.8 Å². The van der Waals surface area contributed by atoms with Crippen LogP contribution in [0.3, 0.4) is 0 Å². The molecule has 1 aromatic carbocycles. The first-order chi connectivity index (χ1) is 18.1. The van der Waals surface area contributed by atoms with Crippen molar-refractivity contribution in [2.45, 2.75) is 82.7 Å². The molecule has 10 heteroatoms. The number of likely N-dealkylation sites (tertiary alicyclic amines) is 1. The van der Waals surface area contributed by atoms with Gasteiger partial charge in [0, 0.05) is 30.5 Å². The van der Waals surface area contributed by atoms with E-state index < -0.39 is 34.8 Å². The lowest BCUT2D eigenvalue weighted by atomic mass is 9.47. The molecule has 3 fully saturated rings. The number of nitrogens with zero attached hydrogens (tertiary/aromatic N) is 1. The SMILES string of the molecule is CN1C(=O)CC[C@]2(C)[C@H]3CC[C@]4(C)C(C(=O)NC(c5ccccc5)(C(F)(F)F)C(F)(F)F)=CC[C@H]4[C@@H]3CC[C@@H]12. The molecular formula is C29H34F6N2O2. The molecule has 214 valence electrons. The first-order valence-corrected chi connectivity index (χ1v) is 13.6. The second kappa shape index (κ2) is 8.99. The van der Waals surface area contributed by atoms with Crippen LogP contribution >= 0.6 is 0 Å². The third-order valence-electron chi connectivity index (χ3n) is 10.7. The van der Waals surface area contributed by atoms with Crippen LogP contribution in [0.1, 0.15) is 64.4 Å². The highest BCUT2D eigenvalue weighted by Gasteiger charge is 2.73. The highest BCUT2D eigenvalue weighted by Crippen LogP contribution is 2.65. The first kappa shape index (κ1) is 28.0. The molecule has 0 radical (unpaired) electrons. The summed E-state index contributed by atoms with van der Waals surface area (Å²) in [5, 5.41) is 1.46. The monoisotopic (exact) mass is 556 g/mol. The molecule has 0 spiro atoms. The number of alkyl halides is 6. The quantitative estimate of drug-likeness (QED) is 0.431.